The van der Waals surface area contributed by atoms with Crippen LogP contribution in [-0.2, 0) is 20.7 Å². The molecule has 8 heteroatoms. The monoisotopic (exact) mass is 393 g/mol. The third kappa shape index (κ3) is 3.38. The van der Waals surface area contributed by atoms with Gasteiger partial charge in [-0.15, -0.1) is 0 Å². The number of nitrogens with one attached hydrogen (secondary N) is 1. The van der Waals surface area contributed by atoms with Crippen LogP contribution < -0.4 is 10.2 Å². The van der Waals surface area contributed by atoms with Gasteiger partial charge in [0, 0.05) is 25.0 Å². The first-order chi connectivity index (χ1) is 14.0. The molecule has 2 aliphatic rings. The molecule has 1 N–H and O–H groups in total. The zero-order chi connectivity index (χ0) is 20.5. The van der Waals surface area contributed by atoms with Crippen LogP contribution in [0.1, 0.15) is 26.3 Å². The molecular formula is C21H19N3O5. The summed E-state index contributed by atoms with van der Waals surface area (Å²) in [6.45, 7) is 0.162. The van der Waals surface area contributed by atoms with Gasteiger partial charge in [0.15, 0.2) is 0 Å². The Bertz CT molecular complexity index is 998. The van der Waals surface area contributed by atoms with Gasteiger partial charge in [-0.3, -0.25) is 24.1 Å². The van der Waals surface area contributed by atoms with Crippen molar-refractivity contribution in [3.8, 4) is 0 Å². The second kappa shape index (κ2) is 7.48. The largest absolute Gasteiger partial charge is 0.375 e. The van der Waals surface area contributed by atoms with Gasteiger partial charge >= 0.3 is 0 Å². The highest BCUT2D eigenvalue weighted by Crippen LogP contribution is 2.31. The molecule has 2 heterocycles. The van der Waals surface area contributed by atoms with Crippen molar-refractivity contribution in [3.63, 3.8) is 0 Å². The van der Waals surface area contributed by atoms with E-state index in [-0.39, 0.29) is 19.1 Å². The van der Waals surface area contributed by atoms with E-state index in [0.29, 0.717) is 23.4 Å². The number of amides is 4. The van der Waals surface area contributed by atoms with Crippen LogP contribution >= 0.6 is 0 Å². The summed E-state index contributed by atoms with van der Waals surface area (Å²) in [6, 6.07) is 11.8. The molecule has 0 fully saturated rings. The average molecular weight is 393 g/mol. The van der Waals surface area contributed by atoms with Crippen molar-refractivity contribution in [2.24, 2.45) is 0 Å². The molecule has 0 radical (unpaired) electrons. The van der Waals surface area contributed by atoms with Crippen molar-refractivity contribution in [2.75, 3.05) is 37.0 Å². The van der Waals surface area contributed by atoms with Crippen LogP contribution in [0.3, 0.4) is 0 Å². The lowest BCUT2D eigenvalue weighted by Crippen LogP contribution is -2.37. The first kappa shape index (κ1) is 18.8. The molecule has 0 aliphatic carbocycles. The third-order valence-corrected chi connectivity index (χ3v) is 5.01. The number of rotatable bonds is 5. The fourth-order valence-electron chi connectivity index (χ4n) is 3.64. The number of anilines is 2. The number of imide groups is 1. The molecule has 0 saturated heterocycles. The molecule has 0 bridgehead atoms. The van der Waals surface area contributed by atoms with E-state index in [1.54, 1.807) is 41.3 Å². The van der Waals surface area contributed by atoms with E-state index in [1.807, 2.05) is 6.07 Å². The van der Waals surface area contributed by atoms with E-state index in [2.05, 4.69) is 5.32 Å². The minimum Gasteiger partial charge on any atom is -0.375 e. The minimum absolute atomic E-state index is 0.0181. The maximum atomic E-state index is 12.5. The standard InChI is InChI=1S/C21H19N3O5/c1-29-12-19(26)23-9-8-13-6-7-14(10-17(13)23)22-18(25)11-24-20(27)15-4-2-3-5-16(15)21(24)28/h2-7,10H,8-9,11-12H2,1H3,(H,22,25). The predicted octanol–water partition coefficient (Wildman–Crippen LogP) is 1.46. The van der Waals surface area contributed by atoms with Gasteiger partial charge in [0.25, 0.3) is 17.7 Å². The number of ether oxygens (including phenoxy) is 1. The Balaban J connectivity index is 1.46. The van der Waals surface area contributed by atoms with E-state index in [0.717, 1.165) is 22.6 Å². The number of hydrogen-bond acceptors (Lipinski definition) is 5. The predicted molar refractivity (Wildman–Crippen MR) is 105 cm³/mol. The van der Waals surface area contributed by atoms with E-state index in [4.69, 9.17) is 4.74 Å². The third-order valence-electron chi connectivity index (χ3n) is 5.01. The summed E-state index contributed by atoms with van der Waals surface area (Å²) < 4.78 is 4.92. The fraction of sp³-hybridized carbons (Fsp3) is 0.238. The molecule has 2 aliphatic heterocycles. The zero-order valence-corrected chi connectivity index (χ0v) is 15.8. The fourth-order valence-corrected chi connectivity index (χ4v) is 3.64. The SMILES string of the molecule is COCC(=O)N1CCc2ccc(NC(=O)CN3C(=O)c4ccccc4C3=O)cc21. The van der Waals surface area contributed by atoms with Gasteiger partial charge in [0.05, 0.1) is 11.1 Å². The lowest BCUT2D eigenvalue weighted by molar-refractivity contribution is -0.122. The number of fused-ring (bicyclic) bond motifs is 2. The second-order valence-electron chi connectivity index (χ2n) is 6.86. The smallest absolute Gasteiger partial charge is 0.262 e. The molecule has 0 spiro atoms. The first-order valence-electron chi connectivity index (χ1n) is 9.17. The zero-order valence-electron chi connectivity index (χ0n) is 15.8. The molecule has 0 unspecified atom stereocenters. The van der Waals surface area contributed by atoms with Gasteiger partial charge in [-0.25, -0.2) is 0 Å². The number of nitrogens with zero attached hydrogens (tertiary/aromatic N) is 2. The van der Waals surface area contributed by atoms with Crippen LogP contribution in [0.4, 0.5) is 11.4 Å². The Morgan fingerprint density at radius 3 is 2.41 bits per heavy atom. The van der Waals surface area contributed by atoms with Crippen molar-refractivity contribution < 1.29 is 23.9 Å². The molecule has 148 valence electrons. The topological polar surface area (TPSA) is 96.0 Å². The molecule has 2 aromatic rings. The van der Waals surface area contributed by atoms with Crippen molar-refractivity contribution in [1.82, 2.24) is 4.90 Å². The summed E-state index contributed by atoms with van der Waals surface area (Å²) in [5.74, 6) is -1.61. The summed E-state index contributed by atoms with van der Waals surface area (Å²) >= 11 is 0. The van der Waals surface area contributed by atoms with Crippen LogP contribution in [0.2, 0.25) is 0 Å². The maximum absolute atomic E-state index is 12.5. The minimum atomic E-state index is -0.493. The van der Waals surface area contributed by atoms with E-state index in [9.17, 15) is 19.2 Å². The molecule has 0 atom stereocenters. The molecule has 4 amide bonds. The molecule has 8 nitrogen and oxygen atoms in total. The number of carbonyl (C=O) groups excluding carboxylic acids is 4. The highest BCUT2D eigenvalue weighted by atomic mass is 16.5. The van der Waals surface area contributed by atoms with Gasteiger partial charge in [-0.1, -0.05) is 18.2 Å². The lowest BCUT2D eigenvalue weighted by Gasteiger charge is -2.18. The normalized spacial score (nSPS) is 14.8. The Kier molecular flexibility index (Phi) is 4.85. The van der Waals surface area contributed by atoms with Crippen LogP contribution in [0.15, 0.2) is 42.5 Å². The summed E-state index contributed by atoms with van der Waals surface area (Å²) in [7, 11) is 1.46. The van der Waals surface area contributed by atoms with Crippen LogP contribution in [0, 0.1) is 0 Å². The maximum Gasteiger partial charge on any atom is 0.262 e. The van der Waals surface area contributed by atoms with Crippen LogP contribution in [-0.4, -0.2) is 55.3 Å². The Morgan fingerprint density at radius 2 is 1.76 bits per heavy atom. The lowest BCUT2D eigenvalue weighted by atomic mass is 10.1. The average Bonchev–Trinajstić information content (AvgIpc) is 3.23. The molecular weight excluding hydrogens is 374 g/mol. The number of benzene rings is 2. The highest BCUT2D eigenvalue weighted by molar-refractivity contribution is 6.22. The van der Waals surface area contributed by atoms with Crippen molar-refractivity contribution in [2.45, 2.75) is 6.42 Å². The molecule has 29 heavy (non-hydrogen) atoms. The van der Waals surface area contributed by atoms with Crippen molar-refractivity contribution >= 4 is 35.0 Å². The van der Waals surface area contributed by atoms with Gasteiger partial charge in [-0.2, -0.15) is 0 Å². The van der Waals surface area contributed by atoms with Gasteiger partial charge in [0.2, 0.25) is 5.91 Å². The van der Waals surface area contributed by atoms with E-state index in [1.165, 1.54) is 7.11 Å². The first-order valence-corrected chi connectivity index (χ1v) is 9.17. The Morgan fingerprint density at radius 1 is 1.07 bits per heavy atom. The Hall–Kier alpha value is -3.52. The van der Waals surface area contributed by atoms with Gasteiger partial charge < -0.3 is 15.0 Å². The van der Waals surface area contributed by atoms with E-state index >= 15 is 0 Å². The molecule has 0 saturated carbocycles. The summed E-state index contributed by atoms with van der Waals surface area (Å²) in [4.78, 5) is 52.0. The van der Waals surface area contributed by atoms with Gasteiger partial charge in [-0.05, 0) is 36.2 Å². The number of hydrogen-bond donors (Lipinski definition) is 1. The summed E-state index contributed by atoms with van der Waals surface area (Å²) in [6.07, 6.45) is 0.730. The molecule has 4 rings (SSSR count). The van der Waals surface area contributed by atoms with Crippen LogP contribution in [0.5, 0.6) is 0 Å². The number of carbonyl (C=O) groups is 4. The van der Waals surface area contributed by atoms with Crippen LogP contribution in [0.25, 0.3) is 0 Å². The second-order valence-corrected chi connectivity index (χ2v) is 6.86. The molecule has 0 aromatic heterocycles. The Labute approximate surface area is 167 Å². The van der Waals surface area contributed by atoms with Crippen molar-refractivity contribution in [3.05, 3.63) is 59.2 Å². The van der Waals surface area contributed by atoms with E-state index < -0.39 is 17.7 Å². The number of methoxy groups -OCH3 is 1. The van der Waals surface area contributed by atoms with Crippen molar-refractivity contribution in [1.29, 1.82) is 0 Å². The summed E-state index contributed by atoms with van der Waals surface area (Å²) in [5, 5.41) is 2.70. The highest BCUT2D eigenvalue weighted by Gasteiger charge is 2.36. The quantitative estimate of drug-likeness (QED) is 0.776. The van der Waals surface area contributed by atoms with Gasteiger partial charge in [0.1, 0.15) is 13.2 Å². The molecule has 2 aromatic carbocycles. The summed E-state index contributed by atoms with van der Waals surface area (Å²) in [5.41, 5.74) is 2.83.